The van der Waals surface area contributed by atoms with E-state index in [0.717, 1.165) is 11.1 Å². The Morgan fingerprint density at radius 2 is 1.89 bits per heavy atom. The number of aromatic nitrogens is 3. The highest BCUT2D eigenvalue weighted by atomic mass is 35.5. The van der Waals surface area contributed by atoms with Crippen LogP contribution in [0.2, 0.25) is 10.0 Å². The van der Waals surface area contributed by atoms with Crippen LogP contribution in [0.3, 0.4) is 0 Å². The van der Waals surface area contributed by atoms with Gasteiger partial charge in [-0.1, -0.05) is 77.4 Å². The Morgan fingerprint density at radius 1 is 1.11 bits per heavy atom. The second kappa shape index (κ2) is 10.9. The molecular formula is C27H23Cl2N5O2S. The third-order valence-electron chi connectivity index (χ3n) is 5.91. The Kier molecular flexibility index (Phi) is 7.41. The van der Waals surface area contributed by atoms with Gasteiger partial charge in [0.05, 0.1) is 18.4 Å². The van der Waals surface area contributed by atoms with Gasteiger partial charge in [-0.15, -0.1) is 5.10 Å². The van der Waals surface area contributed by atoms with Crippen LogP contribution in [0, 0.1) is 0 Å². The molecule has 0 radical (unpaired) electrons. The van der Waals surface area contributed by atoms with Gasteiger partial charge < -0.3 is 15.4 Å². The number of allylic oxidation sites excluding steroid dienone is 1. The van der Waals surface area contributed by atoms with E-state index < -0.39 is 6.04 Å². The van der Waals surface area contributed by atoms with Crippen LogP contribution in [0.15, 0.2) is 89.2 Å². The zero-order valence-corrected chi connectivity index (χ0v) is 22.4. The smallest absolute Gasteiger partial charge is 0.255 e. The van der Waals surface area contributed by atoms with Gasteiger partial charge >= 0.3 is 0 Å². The fourth-order valence-corrected chi connectivity index (χ4v) is 5.48. The third-order valence-corrected chi connectivity index (χ3v) is 7.40. The lowest BCUT2D eigenvalue weighted by Gasteiger charge is -2.29. The summed E-state index contributed by atoms with van der Waals surface area (Å²) in [6, 6.07) is 21.8. The highest BCUT2D eigenvalue weighted by Gasteiger charge is 2.34. The van der Waals surface area contributed by atoms with Gasteiger partial charge in [-0.05, 0) is 48.4 Å². The van der Waals surface area contributed by atoms with Crippen LogP contribution in [-0.4, -0.2) is 27.8 Å². The molecule has 4 aromatic rings. The van der Waals surface area contributed by atoms with Crippen LogP contribution in [0.1, 0.15) is 24.1 Å². The molecule has 1 aromatic heterocycles. The molecular weight excluding hydrogens is 529 g/mol. The van der Waals surface area contributed by atoms with Gasteiger partial charge in [-0.2, -0.15) is 4.98 Å². The van der Waals surface area contributed by atoms with E-state index in [1.165, 1.54) is 11.8 Å². The largest absolute Gasteiger partial charge is 0.495 e. The van der Waals surface area contributed by atoms with Crippen molar-refractivity contribution < 1.29 is 9.53 Å². The molecule has 1 aliphatic heterocycles. The maximum Gasteiger partial charge on any atom is 0.255 e. The first-order chi connectivity index (χ1) is 17.9. The van der Waals surface area contributed by atoms with Gasteiger partial charge in [0.15, 0.2) is 0 Å². The Morgan fingerprint density at radius 3 is 2.68 bits per heavy atom. The van der Waals surface area contributed by atoms with E-state index in [9.17, 15) is 4.79 Å². The fraction of sp³-hybridized carbons (Fsp3) is 0.148. The number of ether oxygens (including phenoxy) is 1. The zero-order valence-electron chi connectivity index (χ0n) is 20.0. The SMILES string of the molecule is COc1ccccc1NC(=O)C1=C(C)Nc2nc(SCc3ccccc3Cl)nn2C1c1cccc(Cl)c1. The number of methoxy groups -OCH3 is 1. The summed E-state index contributed by atoms with van der Waals surface area (Å²) in [4.78, 5) is 18.4. The number of rotatable bonds is 7. The molecule has 0 aliphatic carbocycles. The van der Waals surface area contributed by atoms with Crippen LogP contribution < -0.4 is 15.4 Å². The van der Waals surface area contributed by atoms with Crippen molar-refractivity contribution in [2.24, 2.45) is 0 Å². The van der Waals surface area contributed by atoms with Crippen LogP contribution in [0.25, 0.3) is 0 Å². The summed E-state index contributed by atoms with van der Waals surface area (Å²) in [6.07, 6.45) is 0. The minimum absolute atomic E-state index is 0.286. The van der Waals surface area contributed by atoms with Gasteiger partial charge in [0.2, 0.25) is 11.1 Å². The molecule has 0 saturated heterocycles. The summed E-state index contributed by atoms with van der Waals surface area (Å²) in [5.41, 5.74) is 3.54. The molecule has 10 heteroatoms. The number of hydrogen-bond acceptors (Lipinski definition) is 6. The van der Waals surface area contributed by atoms with Crippen molar-refractivity contribution in [3.05, 3.63) is 105 Å². The number of fused-ring (bicyclic) bond motifs is 1. The van der Waals surface area contributed by atoms with Crippen molar-refractivity contribution in [3.63, 3.8) is 0 Å². The minimum atomic E-state index is -0.549. The molecule has 1 atom stereocenters. The molecule has 1 aliphatic rings. The molecule has 1 amide bonds. The molecule has 2 heterocycles. The van der Waals surface area contributed by atoms with Crippen molar-refractivity contribution >= 4 is 52.5 Å². The summed E-state index contributed by atoms with van der Waals surface area (Å²) in [5.74, 6) is 1.43. The molecule has 2 N–H and O–H groups in total. The van der Waals surface area contributed by atoms with Gasteiger partial charge in [0.1, 0.15) is 11.8 Å². The maximum atomic E-state index is 13.7. The molecule has 0 fully saturated rings. The van der Waals surface area contributed by atoms with Crippen LogP contribution >= 0.6 is 35.0 Å². The van der Waals surface area contributed by atoms with Crippen molar-refractivity contribution in [1.29, 1.82) is 0 Å². The summed E-state index contributed by atoms with van der Waals surface area (Å²) in [5, 5.41) is 12.8. The Balaban J connectivity index is 1.51. The number of hydrogen-bond donors (Lipinski definition) is 2. The normalized spacial score (nSPS) is 14.6. The number of halogens is 2. The van der Waals surface area contributed by atoms with E-state index in [-0.39, 0.29) is 5.91 Å². The summed E-state index contributed by atoms with van der Waals surface area (Å²) in [6.45, 7) is 1.85. The first kappa shape index (κ1) is 25.2. The molecule has 0 bridgehead atoms. The van der Waals surface area contributed by atoms with Gasteiger partial charge in [-0.25, -0.2) is 4.68 Å². The Bertz CT molecular complexity index is 1500. The molecule has 7 nitrogen and oxygen atoms in total. The van der Waals surface area contributed by atoms with Crippen molar-refractivity contribution in [2.45, 2.75) is 23.9 Å². The molecule has 0 saturated carbocycles. The van der Waals surface area contributed by atoms with Crippen molar-refractivity contribution in [3.8, 4) is 5.75 Å². The Labute approximate surface area is 228 Å². The number of anilines is 2. The van der Waals surface area contributed by atoms with Gasteiger partial charge in [0.25, 0.3) is 5.91 Å². The van der Waals surface area contributed by atoms with Gasteiger partial charge in [-0.3, -0.25) is 4.79 Å². The highest BCUT2D eigenvalue weighted by Crippen LogP contribution is 2.38. The third kappa shape index (κ3) is 5.32. The second-order valence-corrected chi connectivity index (χ2v) is 10.1. The zero-order chi connectivity index (χ0) is 25.9. The number of nitrogens with one attached hydrogen (secondary N) is 2. The lowest BCUT2D eigenvalue weighted by molar-refractivity contribution is -0.113. The lowest BCUT2D eigenvalue weighted by atomic mass is 9.95. The maximum absolute atomic E-state index is 13.7. The molecule has 3 aromatic carbocycles. The van der Waals surface area contributed by atoms with Crippen LogP contribution in [-0.2, 0) is 10.5 Å². The second-order valence-electron chi connectivity index (χ2n) is 8.32. The first-order valence-corrected chi connectivity index (χ1v) is 13.2. The molecule has 5 rings (SSSR count). The fourth-order valence-electron chi connectivity index (χ4n) is 4.17. The van der Waals surface area contributed by atoms with Crippen molar-refractivity contribution in [2.75, 3.05) is 17.7 Å². The molecule has 1 unspecified atom stereocenters. The van der Waals surface area contributed by atoms with Crippen LogP contribution in [0.4, 0.5) is 11.6 Å². The summed E-state index contributed by atoms with van der Waals surface area (Å²) >= 11 is 14.1. The van der Waals surface area contributed by atoms with E-state index in [1.54, 1.807) is 30.0 Å². The standard InChI is InChI=1S/C27H23Cl2N5O2S/c1-16-23(25(35)31-21-12-5-6-13-22(21)36-2)24(17-9-7-10-19(28)14-17)34-26(30-16)32-27(33-34)37-15-18-8-3-4-11-20(18)29/h3-14,24H,15H2,1-2H3,(H,31,35)(H,30,32,33). The predicted molar refractivity (Wildman–Crippen MR) is 149 cm³/mol. The monoisotopic (exact) mass is 551 g/mol. The first-order valence-electron chi connectivity index (χ1n) is 11.4. The molecule has 0 spiro atoms. The topological polar surface area (TPSA) is 81.1 Å². The summed E-state index contributed by atoms with van der Waals surface area (Å²) < 4.78 is 7.14. The predicted octanol–water partition coefficient (Wildman–Crippen LogP) is 6.81. The van der Waals surface area contributed by atoms with Crippen LogP contribution in [0.5, 0.6) is 5.75 Å². The number of benzene rings is 3. The number of para-hydroxylation sites is 2. The van der Waals surface area contributed by atoms with E-state index >= 15 is 0 Å². The van der Waals surface area contributed by atoms with Crippen molar-refractivity contribution in [1.82, 2.24) is 14.8 Å². The number of amides is 1. The summed E-state index contributed by atoms with van der Waals surface area (Å²) in [7, 11) is 1.57. The average molecular weight is 552 g/mol. The highest BCUT2D eigenvalue weighted by molar-refractivity contribution is 7.98. The van der Waals surface area contributed by atoms with E-state index in [2.05, 4.69) is 10.6 Å². The number of thioether (sulfide) groups is 1. The number of carbonyl (C=O) groups excluding carboxylic acids is 1. The lowest BCUT2D eigenvalue weighted by Crippen LogP contribution is -2.31. The number of carbonyl (C=O) groups is 1. The van der Waals surface area contributed by atoms with Gasteiger partial charge in [0, 0.05) is 21.5 Å². The van der Waals surface area contributed by atoms with E-state index in [4.69, 9.17) is 38.0 Å². The minimum Gasteiger partial charge on any atom is -0.495 e. The average Bonchev–Trinajstić information content (AvgIpc) is 3.30. The number of nitrogens with zero attached hydrogens (tertiary/aromatic N) is 3. The molecule has 37 heavy (non-hydrogen) atoms. The quantitative estimate of drug-likeness (QED) is 0.245. The van der Waals surface area contributed by atoms with E-state index in [1.807, 2.05) is 61.5 Å². The molecule has 188 valence electrons. The van der Waals surface area contributed by atoms with E-state index in [0.29, 0.717) is 49.6 Å². The Hall–Kier alpha value is -3.46.